The van der Waals surface area contributed by atoms with Crippen molar-refractivity contribution in [3.63, 3.8) is 0 Å². The Morgan fingerprint density at radius 1 is 1.28 bits per heavy atom. The highest BCUT2D eigenvalue weighted by Crippen LogP contribution is 2.18. The maximum absolute atomic E-state index is 12.0. The van der Waals surface area contributed by atoms with E-state index in [0.717, 1.165) is 31.9 Å². The average Bonchev–Trinajstić information content (AvgIpc) is 3.00. The number of anilines is 1. The number of benzene rings is 1. The van der Waals surface area contributed by atoms with Gasteiger partial charge in [-0.3, -0.25) is 10.4 Å². The molecule has 1 aromatic rings. The molecule has 0 radical (unpaired) electrons. The van der Waals surface area contributed by atoms with Crippen molar-refractivity contribution in [3.8, 4) is 0 Å². The first-order chi connectivity index (χ1) is 11.6. The van der Waals surface area contributed by atoms with Crippen LogP contribution in [0.3, 0.4) is 0 Å². The van der Waals surface area contributed by atoms with Crippen molar-refractivity contribution < 1.29 is 9.53 Å². The third-order valence-corrected chi connectivity index (χ3v) is 4.03. The number of methoxy groups -OCH3 is 1. The minimum absolute atomic E-state index is 0. The van der Waals surface area contributed by atoms with Crippen LogP contribution in [0.5, 0.6) is 0 Å². The van der Waals surface area contributed by atoms with Crippen LogP contribution in [0.25, 0.3) is 0 Å². The Kier molecular flexibility index (Phi) is 8.85. The highest BCUT2D eigenvalue weighted by Gasteiger charge is 2.27. The Morgan fingerprint density at radius 2 is 1.92 bits per heavy atom. The highest BCUT2D eigenvalue weighted by atomic mass is 35.5. The minimum atomic E-state index is -0.422. The molecule has 0 amide bonds. The van der Waals surface area contributed by atoms with E-state index in [-0.39, 0.29) is 12.4 Å². The molecular formula is C16H25Cl2N5O2. The van der Waals surface area contributed by atoms with Gasteiger partial charge in [0.15, 0.2) is 5.70 Å². The molecule has 0 atom stereocenters. The predicted molar refractivity (Wildman–Crippen MR) is 102 cm³/mol. The van der Waals surface area contributed by atoms with Gasteiger partial charge in [-0.25, -0.2) is 4.79 Å². The summed E-state index contributed by atoms with van der Waals surface area (Å²) in [6.45, 7) is 7.87. The fourth-order valence-corrected chi connectivity index (χ4v) is 2.43. The van der Waals surface area contributed by atoms with E-state index >= 15 is 0 Å². The van der Waals surface area contributed by atoms with E-state index in [1.165, 1.54) is 12.2 Å². The molecule has 0 fully saturated rings. The van der Waals surface area contributed by atoms with Crippen molar-refractivity contribution in [2.75, 3.05) is 38.7 Å². The minimum Gasteiger partial charge on any atom is -0.464 e. The van der Waals surface area contributed by atoms with Gasteiger partial charge in [-0.05, 0) is 37.4 Å². The Hall–Kier alpha value is -1.67. The smallest absolute Gasteiger partial charge is 0.359 e. The number of carbonyl (C=O) groups is 1. The molecule has 0 aliphatic carbocycles. The number of rotatable bonds is 8. The van der Waals surface area contributed by atoms with E-state index in [1.54, 1.807) is 18.3 Å². The van der Waals surface area contributed by atoms with Crippen LogP contribution in [-0.2, 0) is 9.53 Å². The van der Waals surface area contributed by atoms with Gasteiger partial charge in [-0.15, -0.1) is 17.9 Å². The zero-order valence-electron chi connectivity index (χ0n) is 14.7. The van der Waals surface area contributed by atoms with Crippen molar-refractivity contribution in [2.45, 2.75) is 13.8 Å². The number of esters is 1. The standard InChI is InChI=1S/C16H24ClN5O2.ClH/c1-4-20(5-2)10-11-21-12-15(16(23)24-3)22(19-21)18-14-8-6-13(17)7-9-14;/h6-9,12,18-19H,4-5,10-11H2,1-3H3;1H. The molecule has 0 saturated carbocycles. The first-order valence-corrected chi connectivity index (χ1v) is 8.33. The van der Waals surface area contributed by atoms with E-state index in [0.29, 0.717) is 10.7 Å². The Morgan fingerprint density at radius 3 is 2.48 bits per heavy atom. The lowest BCUT2D eigenvalue weighted by Gasteiger charge is -2.26. The van der Waals surface area contributed by atoms with Gasteiger partial charge in [0.2, 0.25) is 0 Å². The first kappa shape index (κ1) is 21.4. The number of nitrogens with one attached hydrogen (secondary N) is 2. The molecule has 0 saturated heterocycles. The third kappa shape index (κ3) is 5.97. The summed E-state index contributed by atoms with van der Waals surface area (Å²) >= 11 is 5.90. The normalized spacial score (nSPS) is 13.6. The van der Waals surface area contributed by atoms with Crippen molar-refractivity contribution >= 4 is 35.7 Å². The largest absolute Gasteiger partial charge is 0.464 e. The number of hydrogen-bond donors (Lipinski definition) is 2. The van der Waals surface area contributed by atoms with E-state index in [9.17, 15) is 4.79 Å². The quantitative estimate of drug-likeness (QED) is 0.662. The van der Waals surface area contributed by atoms with Crippen molar-refractivity contribution in [1.29, 1.82) is 0 Å². The van der Waals surface area contributed by atoms with Crippen LogP contribution in [0.15, 0.2) is 36.2 Å². The fourth-order valence-electron chi connectivity index (χ4n) is 2.31. The van der Waals surface area contributed by atoms with Crippen LogP contribution in [0.1, 0.15) is 13.8 Å². The van der Waals surface area contributed by atoms with Gasteiger partial charge in [0.25, 0.3) is 0 Å². The van der Waals surface area contributed by atoms with Crippen LogP contribution in [0.4, 0.5) is 5.69 Å². The summed E-state index contributed by atoms with van der Waals surface area (Å²) in [7, 11) is 1.36. The molecular weight excluding hydrogens is 365 g/mol. The summed E-state index contributed by atoms with van der Waals surface area (Å²) in [4.78, 5) is 14.3. The molecule has 1 aliphatic rings. The summed E-state index contributed by atoms with van der Waals surface area (Å²) in [5.41, 5.74) is 7.42. The second-order valence-corrected chi connectivity index (χ2v) is 5.72. The molecule has 25 heavy (non-hydrogen) atoms. The zero-order valence-corrected chi connectivity index (χ0v) is 16.2. The van der Waals surface area contributed by atoms with Gasteiger partial charge in [0.1, 0.15) is 0 Å². The molecule has 1 aromatic carbocycles. The number of likely N-dealkylation sites (N-methyl/N-ethyl adjacent to an activating group) is 1. The number of ether oxygens (including phenoxy) is 1. The maximum Gasteiger partial charge on any atom is 0.359 e. The topological polar surface area (TPSA) is 60.1 Å². The SMILES string of the molecule is CCN(CC)CCN1C=C(C(=O)OC)N(Nc2ccc(Cl)cc2)N1.Cl. The first-order valence-electron chi connectivity index (χ1n) is 7.95. The van der Waals surface area contributed by atoms with Crippen LogP contribution in [0.2, 0.25) is 5.02 Å². The van der Waals surface area contributed by atoms with Crippen LogP contribution in [-0.4, -0.2) is 54.3 Å². The summed E-state index contributed by atoms with van der Waals surface area (Å²) in [6.07, 6.45) is 1.73. The van der Waals surface area contributed by atoms with Gasteiger partial charge in [0.05, 0.1) is 19.0 Å². The molecule has 0 spiro atoms. The summed E-state index contributed by atoms with van der Waals surface area (Å²) in [5.74, 6) is -0.422. The van der Waals surface area contributed by atoms with Crippen molar-refractivity contribution in [2.24, 2.45) is 0 Å². The molecule has 1 aliphatic heterocycles. The number of hydrazine groups is 3. The van der Waals surface area contributed by atoms with E-state index in [2.05, 4.69) is 29.7 Å². The summed E-state index contributed by atoms with van der Waals surface area (Å²) in [6, 6.07) is 7.22. The second kappa shape index (κ2) is 10.4. The molecule has 2 rings (SSSR count). The number of hydrogen-bond acceptors (Lipinski definition) is 7. The average molecular weight is 390 g/mol. The second-order valence-electron chi connectivity index (χ2n) is 5.28. The highest BCUT2D eigenvalue weighted by molar-refractivity contribution is 6.30. The molecule has 140 valence electrons. The summed E-state index contributed by atoms with van der Waals surface area (Å²) < 4.78 is 4.85. The van der Waals surface area contributed by atoms with Crippen LogP contribution < -0.4 is 11.0 Å². The van der Waals surface area contributed by atoms with Crippen molar-refractivity contribution in [1.82, 2.24) is 20.6 Å². The fraction of sp³-hybridized carbons (Fsp3) is 0.438. The molecule has 0 unspecified atom stereocenters. The van der Waals surface area contributed by atoms with E-state index in [1.807, 2.05) is 17.1 Å². The lowest BCUT2D eigenvalue weighted by atomic mass is 10.3. The Labute approximate surface area is 159 Å². The Bertz CT molecular complexity index is 578. The predicted octanol–water partition coefficient (Wildman–Crippen LogP) is 2.48. The third-order valence-electron chi connectivity index (χ3n) is 3.78. The molecule has 1 heterocycles. The van der Waals surface area contributed by atoms with Gasteiger partial charge in [-0.1, -0.05) is 25.4 Å². The van der Waals surface area contributed by atoms with Gasteiger partial charge in [-0.2, -0.15) is 5.12 Å². The number of nitrogens with zero attached hydrogens (tertiary/aromatic N) is 3. The van der Waals surface area contributed by atoms with Gasteiger partial charge < -0.3 is 9.64 Å². The van der Waals surface area contributed by atoms with Crippen molar-refractivity contribution in [3.05, 3.63) is 41.2 Å². The molecule has 0 bridgehead atoms. The Balaban J connectivity index is 0.00000312. The maximum atomic E-state index is 12.0. The van der Waals surface area contributed by atoms with Gasteiger partial charge >= 0.3 is 5.97 Å². The lowest BCUT2D eigenvalue weighted by molar-refractivity contribution is -0.138. The zero-order chi connectivity index (χ0) is 17.5. The van der Waals surface area contributed by atoms with E-state index in [4.69, 9.17) is 16.3 Å². The number of halogens is 2. The van der Waals surface area contributed by atoms with Crippen LogP contribution in [0, 0.1) is 0 Å². The number of carbonyl (C=O) groups excluding carboxylic acids is 1. The monoisotopic (exact) mass is 389 g/mol. The molecule has 9 heteroatoms. The van der Waals surface area contributed by atoms with E-state index < -0.39 is 5.97 Å². The van der Waals surface area contributed by atoms with Crippen LogP contribution >= 0.6 is 24.0 Å². The lowest BCUT2D eigenvalue weighted by Crippen LogP contribution is -2.46. The van der Waals surface area contributed by atoms with Gasteiger partial charge in [0, 0.05) is 18.1 Å². The molecule has 2 N–H and O–H groups in total. The summed E-state index contributed by atoms with van der Waals surface area (Å²) in [5, 5.41) is 4.05. The molecule has 7 nitrogen and oxygen atoms in total. The molecule has 0 aromatic heterocycles.